The molecule has 0 aliphatic carbocycles. The maximum atomic E-state index is 13.5. The van der Waals surface area contributed by atoms with Crippen molar-refractivity contribution in [1.82, 2.24) is 4.98 Å². The van der Waals surface area contributed by atoms with Crippen molar-refractivity contribution in [3.05, 3.63) is 47.2 Å². The highest BCUT2D eigenvalue weighted by Gasteiger charge is 2.48. The van der Waals surface area contributed by atoms with Crippen LogP contribution in [0.4, 0.5) is 8.78 Å². The Balaban J connectivity index is 2.27. The highest BCUT2D eigenvalue weighted by Crippen LogP contribution is 2.46. The molecular weight excluding hydrogens is 320 g/mol. The number of aliphatic hydroxyl groups is 1. The Morgan fingerprint density at radius 1 is 1.42 bits per heavy atom. The molecule has 0 radical (unpaired) electrons. The summed E-state index contributed by atoms with van der Waals surface area (Å²) in [4.78, 5) is 16.3. The van der Waals surface area contributed by atoms with E-state index in [4.69, 9.17) is 9.47 Å². The fourth-order valence-electron chi connectivity index (χ4n) is 2.64. The number of carbonyl (C=O) groups is 1. The molecule has 1 aliphatic heterocycles. The lowest BCUT2D eigenvalue weighted by Gasteiger charge is -2.35. The van der Waals surface area contributed by atoms with Crippen molar-refractivity contribution in [2.45, 2.75) is 26.1 Å². The number of hydrogen-bond donors (Lipinski definition) is 1. The van der Waals surface area contributed by atoms with E-state index in [2.05, 4.69) is 4.98 Å². The number of benzene rings is 1. The molecule has 1 aromatic carbocycles. The largest absolute Gasteiger partial charge is 0.462 e. The molecule has 0 bridgehead atoms. The lowest BCUT2D eigenvalue weighted by atomic mass is 9.93. The molecule has 1 atom stereocenters. The third-order valence-corrected chi connectivity index (χ3v) is 3.80. The van der Waals surface area contributed by atoms with Gasteiger partial charge in [-0.05, 0) is 32.0 Å². The van der Waals surface area contributed by atoms with Crippen LogP contribution in [-0.2, 0) is 10.5 Å². The van der Waals surface area contributed by atoms with E-state index < -0.39 is 18.2 Å². The molecule has 1 unspecified atom stereocenters. The number of aromatic nitrogens is 1. The lowest BCUT2D eigenvalue weighted by Crippen LogP contribution is -2.43. The number of aryl methyl sites for hydroxylation is 1. The zero-order valence-electron chi connectivity index (χ0n) is 13.0. The number of hydrogen-bond acceptors (Lipinski definition) is 5. The second-order valence-electron chi connectivity index (χ2n) is 5.33. The van der Waals surface area contributed by atoms with Crippen LogP contribution >= 0.6 is 0 Å². The minimum atomic E-state index is -3.23. The number of esters is 1. The molecule has 0 fully saturated rings. The second kappa shape index (κ2) is 5.83. The van der Waals surface area contributed by atoms with Crippen LogP contribution in [0, 0.1) is 6.92 Å². The van der Waals surface area contributed by atoms with E-state index in [-0.39, 0.29) is 29.2 Å². The Morgan fingerprint density at radius 2 is 2.12 bits per heavy atom. The van der Waals surface area contributed by atoms with Gasteiger partial charge in [-0.3, -0.25) is 4.98 Å². The Morgan fingerprint density at radius 3 is 2.79 bits per heavy atom. The first-order valence-electron chi connectivity index (χ1n) is 7.36. The third kappa shape index (κ3) is 2.41. The van der Waals surface area contributed by atoms with Gasteiger partial charge < -0.3 is 14.6 Å². The number of halogens is 2. The summed E-state index contributed by atoms with van der Waals surface area (Å²) in [7, 11) is 0. The Bertz CT molecular complexity index is 809. The SMILES string of the molecule is CCOC(=O)c1cc2c(nc1C)-c1ccccc1OC2(O)C(F)F. The molecule has 2 aromatic rings. The van der Waals surface area contributed by atoms with Crippen LogP contribution < -0.4 is 4.74 Å². The van der Waals surface area contributed by atoms with Gasteiger partial charge in [0.25, 0.3) is 5.79 Å². The molecule has 7 heteroatoms. The number of para-hydroxylation sites is 1. The third-order valence-electron chi connectivity index (χ3n) is 3.80. The molecule has 0 saturated heterocycles. The Hall–Kier alpha value is -2.54. The number of pyridine rings is 1. The first-order chi connectivity index (χ1) is 11.4. The highest BCUT2D eigenvalue weighted by molar-refractivity contribution is 5.92. The molecule has 3 rings (SSSR count). The number of rotatable bonds is 3. The minimum absolute atomic E-state index is 0.0117. The lowest BCUT2D eigenvalue weighted by molar-refractivity contribution is -0.230. The highest BCUT2D eigenvalue weighted by atomic mass is 19.3. The molecule has 24 heavy (non-hydrogen) atoms. The summed E-state index contributed by atoms with van der Waals surface area (Å²) in [5.41, 5.74) is 0.699. The van der Waals surface area contributed by atoms with Crippen LogP contribution in [0.25, 0.3) is 11.3 Å². The van der Waals surface area contributed by atoms with E-state index in [0.29, 0.717) is 11.3 Å². The molecule has 0 amide bonds. The Labute approximate surface area is 136 Å². The smallest absolute Gasteiger partial charge is 0.339 e. The summed E-state index contributed by atoms with van der Waals surface area (Å²) in [6, 6.07) is 7.60. The van der Waals surface area contributed by atoms with Gasteiger partial charge in [0, 0.05) is 5.56 Å². The number of nitrogens with zero attached hydrogens (tertiary/aromatic N) is 1. The standard InChI is InChI=1S/C17H15F2NO4/c1-3-23-15(21)11-8-12-14(20-9(11)2)10-6-4-5-7-13(10)24-17(12,22)16(18)19/h4-8,16,22H,3H2,1-2H3. The van der Waals surface area contributed by atoms with Crippen LogP contribution in [0.15, 0.2) is 30.3 Å². The predicted molar refractivity (Wildman–Crippen MR) is 80.9 cm³/mol. The maximum Gasteiger partial charge on any atom is 0.339 e. The first-order valence-corrected chi connectivity index (χ1v) is 7.36. The zero-order valence-corrected chi connectivity index (χ0v) is 13.0. The van der Waals surface area contributed by atoms with Gasteiger partial charge in [-0.25, -0.2) is 13.6 Å². The van der Waals surface area contributed by atoms with Gasteiger partial charge in [0.05, 0.1) is 29.1 Å². The van der Waals surface area contributed by atoms with E-state index in [0.717, 1.165) is 6.07 Å². The van der Waals surface area contributed by atoms with Crippen molar-refractivity contribution in [3.8, 4) is 17.0 Å². The number of carbonyl (C=O) groups excluding carboxylic acids is 1. The van der Waals surface area contributed by atoms with E-state index >= 15 is 0 Å². The van der Waals surface area contributed by atoms with Crippen molar-refractivity contribution in [2.24, 2.45) is 0 Å². The van der Waals surface area contributed by atoms with E-state index in [9.17, 15) is 18.7 Å². The number of fused-ring (bicyclic) bond motifs is 3. The maximum absolute atomic E-state index is 13.5. The van der Waals surface area contributed by atoms with Crippen LogP contribution in [0.1, 0.15) is 28.5 Å². The average Bonchev–Trinajstić information content (AvgIpc) is 2.54. The van der Waals surface area contributed by atoms with E-state index in [1.54, 1.807) is 32.0 Å². The van der Waals surface area contributed by atoms with Gasteiger partial charge in [0.15, 0.2) is 0 Å². The monoisotopic (exact) mass is 335 g/mol. The summed E-state index contributed by atoms with van der Waals surface area (Å²) >= 11 is 0. The van der Waals surface area contributed by atoms with Crippen LogP contribution in [0.3, 0.4) is 0 Å². The topological polar surface area (TPSA) is 68.7 Å². The summed E-state index contributed by atoms with van der Waals surface area (Å²) in [5.74, 6) is -3.48. The van der Waals surface area contributed by atoms with Crippen molar-refractivity contribution >= 4 is 5.97 Å². The molecule has 1 aliphatic rings. The van der Waals surface area contributed by atoms with Gasteiger partial charge in [0.1, 0.15) is 5.75 Å². The fraction of sp³-hybridized carbons (Fsp3) is 0.294. The van der Waals surface area contributed by atoms with E-state index in [1.807, 2.05) is 0 Å². The summed E-state index contributed by atoms with van der Waals surface area (Å²) in [6.07, 6.45) is -3.23. The van der Waals surface area contributed by atoms with Gasteiger partial charge in [-0.2, -0.15) is 0 Å². The molecule has 126 valence electrons. The average molecular weight is 335 g/mol. The summed E-state index contributed by atoms with van der Waals surface area (Å²) < 4.78 is 37.1. The Kier molecular flexibility index (Phi) is 3.96. The number of ether oxygens (including phenoxy) is 2. The van der Waals surface area contributed by atoms with Crippen molar-refractivity contribution in [3.63, 3.8) is 0 Å². The van der Waals surface area contributed by atoms with Gasteiger partial charge in [-0.15, -0.1) is 0 Å². The summed E-state index contributed by atoms with van der Waals surface area (Å²) in [6.45, 7) is 3.34. The molecule has 1 N–H and O–H groups in total. The molecule has 2 heterocycles. The van der Waals surface area contributed by atoms with Gasteiger partial charge in [-0.1, -0.05) is 12.1 Å². The predicted octanol–water partition coefficient (Wildman–Crippen LogP) is 3.04. The molecule has 0 spiro atoms. The van der Waals surface area contributed by atoms with Crippen molar-refractivity contribution in [1.29, 1.82) is 0 Å². The second-order valence-corrected chi connectivity index (χ2v) is 5.33. The van der Waals surface area contributed by atoms with E-state index in [1.165, 1.54) is 6.07 Å². The van der Waals surface area contributed by atoms with Crippen molar-refractivity contribution in [2.75, 3.05) is 6.61 Å². The summed E-state index contributed by atoms with van der Waals surface area (Å²) in [5, 5.41) is 10.4. The molecule has 5 nitrogen and oxygen atoms in total. The normalized spacial score (nSPS) is 18.6. The zero-order chi connectivity index (χ0) is 17.5. The quantitative estimate of drug-likeness (QED) is 0.873. The van der Waals surface area contributed by atoms with Gasteiger partial charge in [0.2, 0.25) is 0 Å². The van der Waals surface area contributed by atoms with Crippen LogP contribution in [0.5, 0.6) is 5.75 Å². The first kappa shape index (κ1) is 16.3. The number of alkyl halides is 2. The van der Waals surface area contributed by atoms with Crippen molar-refractivity contribution < 1.29 is 28.2 Å². The minimum Gasteiger partial charge on any atom is -0.462 e. The fourth-order valence-corrected chi connectivity index (χ4v) is 2.64. The van der Waals surface area contributed by atoms with Gasteiger partial charge >= 0.3 is 12.4 Å². The molecule has 0 saturated carbocycles. The molecule has 1 aromatic heterocycles. The van der Waals surface area contributed by atoms with Crippen LogP contribution in [-0.4, -0.2) is 29.1 Å². The molecular formula is C17H15F2NO4. The van der Waals surface area contributed by atoms with Crippen LogP contribution in [0.2, 0.25) is 0 Å².